The van der Waals surface area contributed by atoms with Gasteiger partial charge in [0, 0.05) is 30.0 Å². The van der Waals surface area contributed by atoms with Crippen molar-refractivity contribution >= 4 is 5.69 Å². The van der Waals surface area contributed by atoms with E-state index < -0.39 is 0 Å². The summed E-state index contributed by atoms with van der Waals surface area (Å²) in [5, 5.41) is 0. The van der Waals surface area contributed by atoms with Crippen LogP contribution in [0.1, 0.15) is 42.1 Å². The number of hydrogen-bond donors (Lipinski definition) is 1. The number of piperidine rings is 1. The van der Waals surface area contributed by atoms with Crippen molar-refractivity contribution in [2.75, 3.05) is 11.4 Å². The van der Waals surface area contributed by atoms with E-state index in [0.29, 0.717) is 6.04 Å². The van der Waals surface area contributed by atoms with Gasteiger partial charge in [-0.1, -0.05) is 48.5 Å². The second-order valence-corrected chi connectivity index (χ2v) is 6.99. The Hall–Kier alpha value is -2.48. The highest BCUT2D eigenvalue weighted by Gasteiger charge is 2.31. The normalized spacial score (nSPS) is 19.2. The molecule has 1 atom stereocenters. The molecular weight excluding hydrogens is 292 g/mol. The second kappa shape index (κ2) is 5.55. The molecule has 120 valence electrons. The molecule has 0 amide bonds. The Morgan fingerprint density at radius 1 is 0.917 bits per heavy atom. The molecule has 0 saturated carbocycles. The molecule has 2 aromatic carbocycles. The highest BCUT2D eigenvalue weighted by atomic mass is 15.2. The molecule has 0 aliphatic carbocycles. The summed E-state index contributed by atoms with van der Waals surface area (Å²) in [5.41, 5.74) is 8.32. The quantitative estimate of drug-likeness (QED) is 0.644. The zero-order chi connectivity index (χ0) is 15.9. The number of nitrogens with one attached hydrogen (secondary N) is 1. The molecule has 1 unspecified atom stereocenters. The maximum atomic E-state index is 3.74. The van der Waals surface area contributed by atoms with Crippen molar-refractivity contribution in [2.24, 2.45) is 0 Å². The highest BCUT2D eigenvalue weighted by Crippen LogP contribution is 2.43. The van der Waals surface area contributed by atoms with Crippen molar-refractivity contribution in [3.8, 4) is 11.3 Å². The maximum Gasteiger partial charge on any atom is 0.0560 e. The number of hydrogen-bond acceptors (Lipinski definition) is 1. The van der Waals surface area contributed by atoms with Gasteiger partial charge in [0.15, 0.2) is 0 Å². The van der Waals surface area contributed by atoms with Crippen LogP contribution in [0.4, 0.5) is 5.69 Å². The van der Waals surface area contributed by atoms with Gasteiger partial charge < -0.3 is 9.88 Å². The summed E-state index contributed by atoms with van der Waals surface area (Å²) in [6.45, 7) is 1.17. The highest BCUT2D eigenvalue weighted by molar-refractivity contribution is 5.66. The first-order valence-electron chi connectivity index (χ1n) is 9.02. The number of benzene rings is 2. The van der Waals surface area contributed by atoms with Crippen molar-refractivity contribution in [1.29, 1.82) is 0 Å². The number of para-hydroxylation sites is 1. The van der Waals surface area contributed by atoms with Crippen molar-refractivity contribution in [3.63, 3.8) is 0 Å². The molecule has 3 heterocycles. The molecule has 2 aliphatic heterocycles. The Balaban J connectivity index is 1.66. The van der Waals surface area contributed by atoms with Gasteiger partial charge >= 0.3 is 0 Å². The van der Waals surface area contributed by atoms with Gasteiger partial charge in [-0.25, -0.2) is 0 Å². The van der Waals surface area contributed by atoms with Crippen molar-refractivity contribution in [2.45, 2.75) is 31.7 Å². The van der Waals surface area contributed by atoms with Crippen LogP contribution in [0, 0.1) is 0 Å². The lowest BCUT2D eigenvalue weighted by atomic mass is 9.95. The van der Waals surface area contributed by atoms with Crippen LogP contribution in [-0.2, 0) is 6.42 Å². The van der Waals surface area contributed by atoms with Crippen LogP contribution in [0.25, 0.3) is 11.3 Å². The molecule has 0 bridgehead atoms. The minimum absolute atomic E-state index is 0.520. The van der Waals surface area contributed by atoms with Crippen LogP contribution >= 0.6 is 0 Å². The van der Waals surface area contributed by atoms with Crippen LogP contribution in [0.3, 0.4) is 0 Å². The monoisotopic (exact) mass is 314 g/mol. The van der Waals surface area contributed by atoms with Crippen LogP contribution < -0.4 is 4.90 Å². The number of H-pyrrole nitrogens is 1. The predicted octanol–water partition coefficient (Wildman–Crippen LogP) is 5.32. The molecular formula is C22H22N2. The van der Waals surface area contributed by atoms with Gasteiger partial charge in [0.2, 0.25) is 0 Å². The van der Waals surface area contributed by atoms with Crippen molar-refractivity contribution < 1.29 is 0 Å². The topological polar surface area (TPSA) is 19.0 Å². The fourth-order valence-corrected chi connectivity index (χ4v) is 4.40. The minimum Gasteiger partial charge on any atom is -0.364 e. The Labute approximate surface area is 143 Å². The Morgan fingerprint density at radius 2 is 1.75 bits per heavy atom. The number of aromatic amines is 1. The average Bonchev–Trinajstić information content (AvgIpc) is 3.01. The molecule has 24 heavy (non-hydrogen) atoms. The van der Waals surface area contributed by atoms with Gasteiger partial charge in [0.1, 0.15) is 0 Å². The fourth-order valence-electron chi connectivity index (χ4n) is 4.40. The van der Waals surface area contributed by atoms with Crippen LogP contribution in [-0.4, -0.2) is 11.5 Å². The fraction of sp³-hybridized carbons (Fsp3) is 0.273. The predicted molar refractivity (Wildman–Crippen MR) is 99.4 cm³/mol. The molecule has 2 heteroatoms. The summed E-state index contributed by atoms with van der Waals surface area (Å²) in [6.07, 6.45) is 4.89. The zero-order valence-electron chi connectivity index (χ0n) is 13.8. The van der Waals surface area contributed by atoms with E-state index in [0.717, 1.165) is 6.42 Å². The molecule has 1 saturated heterocycles. The lowest BCUT2D eigenvalue weighted by Gasteiger charge is -2.37. The Morgan fingerprint density at radius 3 is 2.67 bits per heavy atom. The summed E-state index contributed by atoms with van der Waals surface area (Å²) in [6, 6.07) is 22.6. The third kappa shape index (κ3) is 2.17. The largest absolute Gasteiger partial charge is 0.364 e. The lowest BCUT2D eigenvalue weighted by molar-refractivity contribution is 0.474. The number of aromatic nitrogens is 1. The van der Waals surface area contributed by atoms with E-state index in [9.17, 15) is 0 Å². The molecule has 2 aliphatic rings. The first kappa shape index (κ1) is 13.9. The smallest absolute Gasteiger partial charge is 0.0560 e. The van der Waals surface area contributed by atoms with Crippen LogP contribution in [0.15, 0.2) is 60.7 Å². The molecule has 5 rings (SSSR count). The standard InChI is InChI=1S/C22H22N2/c1-2-8-16(9-3-1)19-15-18-20(23-19)14-17-10-4-5-11-21(17)24-13-7-6-12-22(18)24/h1-5,8-11,15,22-23H,6-7,12-14H2. The minimum atomic E-state index is 0.520. The molecule has 3 aromatic rings. The van der Waals surface area contributed by atoms with E-state index in [1.807, 2.05) is 0 Å². The third-order valence-electron chi connectivity index (χ3n) is 5.55. The third-order valence-corrected chi connectivity index (χ3v) is 5.55. The lowest BCUT2D eigenvalue weighted by Crippen LogP contribution is -2.33. The van der Waals surface area contributed by atoms with Gasteiger partial charge in [-0.05, 0) is 48.1 Å². The van der Waals surface area contributed by atoms with Gasteiger partial charge in [0.25, 0.3) is 0 Å². The molecule has 0 radical (unpaired) electrons. The van der Waals surface area contributed by atoms with Gasteiger partial charge in [0.05, 0.1) is 6.04 Å². The SMILES string of the molecule is c1ccc(-c2cc3c([nH]2)Cc2ccccc2N2CCCCC32)cc1. The van der Waals surface area contributed by atoms with Gasteiger partial charge in [-0.3, -0.25) is 0 Å². The summed E-state index contributed by atoms with van der Waals surface area (Å²) >= 11 is 0. The van der Waals surface area contributed by atoms with Gasteiger partial charge in [-0.15, -0.1) is 0 Å². The molecule has 1 aromatic heterocycles. The summed E-state index contributed by atoms with van der Waals surface area (Å²) < 4.78 is 0. The van der Waals surface area contributed by atoms with E-state index >= 15 is 0 Å². The van der Waals surface area contributed by atoms with Crippen LogP contribution in [0.2, 0.25) is 0 Å². The van der Waals surface area contributed by atoms with Crippen LogP contribution in [0.5, 0.6) is 0 Å². The zero-order valence-corrected chi connectivity index (χ0v) is 13.8. The Bertz CT molecular complexity index is 863. The average molecular weight is 314 g/mol. The molecule has 0 spiro atoms. The summed E-state index contributed by atoms with van der Waals surface area (Å²) in [5.74, 6) is 0. The Kier molecular flexibility index (Phi) is 3.22. The number of anilines is 1. The van der Waals surface area contributed by atoms with E-state index in [1.165, 1.54) is 59.6 Å². The van der Waals surface area contributed by atoms with E-state index in [1.54, 1.807) is 0 Å². The van der Waals surface area contributed by atoms with E-state index in [4.69, 9.17) is 0 Å². The van der Waals surface area contributed by atoms with Crippen molar-refractivity contribution in [3.05, 3.63) is 77.5 Å². The maximum absolute atomic E-state index is 3.74. The summed E-state index contributed by atoms with van der Waals surface area (Å²) in [4.78, 5) is 6.38. The van der Waals surface area contributed by atoms with Gasteiger partial charge in [-0.2, -0.15) is 0 Å². The second-order valence-electron chi connectivity index (χ2n) is 6.99. The first-order valence-corrected chi connectivity index (χ1v) is 9.02. The molecule has 2 nitrogen and oxygen atoms in total. The first-order chi connectivity index (χ1) is 11.9. The number of fused-ring (bicyclic) bond motifs is 5. The van der Waals surface area contributed by atoms with E-state index in [-0.39, 0.29) is 0 Å². The number of rotatable bonds is 1. The molecule has 1 fully saturated rings. The summed E-state index contributed by atoms with van der Waals surface area (Å²) in [7, 11) is 0. The number of nitrogens with zero attached hydrogens (tertiary/aromatic N) is 1. The molecule has 1 N–H and O–H groups in total. The van der Waals surface area contributed by atoms with E-state index in [2.05, 4.69) is 70.5 Å². The van der Waals surface area contributed by atoms with Crippen molar-refractivity contribution in [1.82, 2.24) is 4.98 Å².